The number of aldehydes is 1. The molecule has 0 aromatic carbocycles. The molecule has 1 aliphatic rings. The van der Waals surface area contributed by atoms with Crippen LogP contribution in [-0.4, -0.2) is 17.9 Å². The molecule has 1 fully saturated rings. The molecule has 1 rings (SSSR count). The highest BCUT2D eigenvalue weighted by Crippen LogP contribution is 2.36. The highest BCUT2D eigenvalue weighted by Gasteiger charge is 2.40. The lowest BCUT2D eigenvalue weighted by Crippen LogP contribution is -2.44. The van der Waals surface area contributed by atoms with Crippen molar-refractivity contribution in [3.05, 3.63) is 0 Å². The Morgan fingerprint density at radius 1 is 1.40 bits per heavy atom. The number of hydrogen-bond acceptors (Lipinski definition) is 3. The maximum absolute atomic E-state index is 11.2. The Labute approximate surface area is 91.2 Å². The second-order valence-corrected chi connectivity index (χ2v) is 4.35. The molecule has 1 aliphatic carbocycles. The summed E-state index contributed by atoms with van der Waals surface area (Å²) in [6.45, 7) is 3.28. The maximum atomic E-state index is 11.2. The van der Waals surface area contributed by atoms with E-state index in [0.717, 1.165) is 32.0 Å². The van der Waals surface area contributed by atoms with Crippen LogP contribution in [0.1, 0.15) is 52.4 Å². The van der Waals surface area contributed by atoms with Gasteiger partial charge in [-0.2, -0.15) is 0 Å². The molecule has 1 atom stereocenters. The molecule has 1 unspecified atom stereocenters. The Kier molecular flexibility index (Phi) is 4.30. The molecule has 0 heterocycles. The van der Waals surface area contributed by atoms with Gasteiger partial charge in [0.25, 0.3) is 0 Å². The van der Waals surface area contributed by atoms with Crippen molar-refractivity contribution >= 4 is 12.3 Å². The second kappa shape index (κ2) is 5.29. The highest BCUT2D eigenvalue weighted by molar-refractivity contribution is 5.73. The third-order valence-corrected chi connectivity index (χ3v) is 3.38. The number of carbonyl (C=O) groups excluding carboxylic acids is 2. The summed E-state index contributed by atoms with van der Waals surface area (Å²) in [5.74, 6) is -0.132. The first-order valence-electron chi connectivity index (χ1n) is 5.80. The van der Waals surface area contributed by atoms with E-state index < -0.39 is 5.60 Å². The number of rotatable bonds is 4. The largest absolute Gasteiger partial charge is 0.451 e. The van der Waals surface area contributed by atoms with E-state index in [4.69, 9.17) is 4.74 Å². The van der Waals surface area contributed by atoms with Crippen LogP contribution in [-0.2, 0) is 14.3 Å². The molecule has 0 saturated heterocycles. The van der Waals surface area contributed by atoms with Crippen molar-refractivity contribution in [2.75, 3.05) is 0 Å². The SMILES string of the molecule is CCC(C=O)(OC(C)=O)C1CCCCC1. The third kappa shape index (κ3) is 2.80. The third-order valence-electron chi connectivity index (χ3n) is 3.38. The zero-order chi connectivity index (χ0) is 11.3. The van der Waals surface area contributed by atoms with Crippen LogP contribution in [0.5, 0.6) is 0 Å². The normalized spacial score (nSPS) is 21.7. The van der Waals surface area contributed by atoms with Gasteiger partial charge in [0.15, 0.2) is 11.9 Å². The smallest absolute Gasteiger partial charge is 0.303 e. The van der Waals surface area contributed by atoms with Gasteiger partial charge in [-0.1, -0.05) is 26.2 Å². The molecule has 0 aromatic rings. The van der Waals surface area contributed by atoms with E-state index in [1.54, 1.807) is 0 Å². The zero-order valence-electron chi connectivity index (χ0n) is 9.62. The minimum atomic E-state index is -0.855. The fourth-order valence-corrected chi connectivity index (χ4v) is 2.51. The van der Waals surface area contributed by atoms with Crippen LogP contribution >= 0.6 is 0 Å². The lowest BCUT2D eigenvalue weighted by molar-refractivity contribution is -0.168. The summed E-state index contributed by atoms with van der Waals surface area (Å²) in [6.07, 6.45) is 6.93. The number of esters is 1. The van der Waals surface area contributed by atoms with Crippen LogP contribution < -0.4 is 0 Å². The van der Waals surface area contributed by atoms with Gasteiger partial charge in [-0.05, 0) is 19.3 Å². The van der Waals surface area contributed by atoms with E-state index in [-0.39, 0.29) is 11.9 Å². The van der Waals surface area contributed by atoms with Crippen LogP contribution in [0.25, 0.3) is 0 Å². The van der Waals surface area contributed by atoms with Crippen molar-refractivity contribution in [3.63, 3.8) is 0 Å². The first-order valence-corrected chi connectivity index (χ1v) is 5.80. The van der Waals surface area contributed by atoms with E-state index in [9.17, 15) is 9.59 Å². The fourth-order valence-electron chi connectivity index (χ4n) is 2.51. The minimum absolute atomic E-state index is 0.220. The van der Waals surface area contributed by atoms with Crippen LogP contribution in [0, 0.1) is 5.92 Å². The van der Waals surface area contributed by atoms with Crippen LogP contribution in [0.2, 0.25) is 0 Å². The van der Waals surface area contributed by atoms with Crippen molar-refractivity contribution in [1.29, 1.82) is 0 Å². The van der Waals surface area contributed by atoms with Crippen molar-refractivity contribution in [1.82, 2.24) is 0 Å². The Bertz CT molecular complexity index is 231. The predicted molar refractivity (Wildman–Crippen MR) is 57.4 cm³/mol. The Hall–Kier alpha value is -0.860. The molecule has 3 heteroatoms. The molecule has 0 radical (unpaired) electrons. The monoisotopic (exact) mass is 212 g/mol. The molecule has 0 amide bonds. The van der Waals surface area contributed by atoms with Gasteiger partial charge in [-0.3, -0.25) is 9.59 Å². The first-order chi connectivity index (χ1) is 7.14. The molecular formula is C12H20O3. The van der Waals surface area contributed by atoms with E-state index in [1.807, 2.05) is 6.92 Å². The summed E-state index contributed by atoms with van der Waals surface area (Å²) >= 11 is 0. The number of hydrogen-bond donors (Lipinski definition) is 0. The summed E-state index contributed by atoms with van der Waals surface area (Å²) in [6, 6.07) is 0. The van der Waals surface area contributed by atoms with Crippen molar-refractivity contribution in [2.24, 2.45) is 5.92 Å². The molecule has 0 spiro atoms. The van der Waals surface area contributed by atoms with Gasteiger partial charge in [-0.15, -0.1) is 0 Å². The van der Waals surface area contributed by atoms with E-state index in [2.05, 4.69) is 0 Å². The van der Waals surface area contributed by atoms with Gasteiger partial charge in [0.2, 0.25) is 0 Å². The van der Waals surface area contributed by atoms with Crippen molar-refractivity contribution in [3.8, 4) is 0 Å². The summed E-state index contributed by atoms with van der Waals surface area (Å²) in [4.78, 5) is 22.3. The quantitative estimate of drug-likeness (QED) is 0.531. The average molecular weight is 212 g/mol. The molecule has 0 N–H and O–H groups in total. The Morgan fingerprint density at radius 2 is 2.00 bits per heavy atom. The topological polar surface area (TPSA) is 43.4 Å². The van der Waals surface area contributed by atoms with Gasteiger partial charge < -0.3 is 4.74 Å². The second-order valence-electron chi connectivity index (χ2n) is 4.35. The van der Waals surface area contributed by atoms with E-state index in [0.29, 0.717) is 6.42 Å². The molecular weight excluding hydrogens is 192 g/mol. The predicted octanol–water partition coefficient (Wildman–Crippen LogP) is 2.48. The number of carbonyl (C=O) groups is 2. The standard InChI is InChI=1S/C12H20O3/c1-3-12(9-13,15-10(2)14)11-7-5-4-6-8-11/h9,11H,3-8H2,1-2H3. The van der Waals surface area contributed by atoms with Gasteiger partial charge in [0.1, 0.15) is 0 Å². The summed E-state index contributed by atoms with van der Waals surface area (Å²) in [7, 11) is 0. The van der Waals surface area contributed by atoms with Gasteiger partial charge >= 0.3 is 5.97 Å². The molecule has 0 bridgehead atoms. The lowest BCUT2D eigenvalue weighted by Gasteiger charge is -2.36. The van der Waals surface area contributed by atoms with Gasteiger partial charge in [0, 0.05) is 12.8 Å². The Morgan fingerprint density at radius 3 is 2.40 bits per heavy atom. The van der Waals surface area contributed by atoms with Crippen LogP contribution in [0.15, 0.2) is 0 Å². The molecule has 1 saturated carbocycles. The van der Waals surface area contributed by atoms with Crippen molar-refractivity contribution < 1.29 is 14.3 Å². The molecule has 86 valence electrons. The summed E-state index contributed by atoms with van der Waals surface area (Å²) < 4.78 is 5.27. The molecule has 0 aliphatic heterocycles. The zero-order valence-corrected chi connectivity index (χ0v) is 9.62. The number of ether oxygens (including phenoxy) is 1. The van der Waals surface area contributed by atoms with Crippen molar-refractivity contribution in [2.45, 2.75) is 58.0 Å². The summed E-state index contributed by atoms with van der Waals surface area (Å²) in [5.41, 5.74) is -0.855. The summed E-state index contributed by atoms with van der Waals surface area (Å²) in [5, 5.41) is 0. The minimum Gasteiger partial charge on any atom is -0.451 e. The van der Waals surface area contributed by atoms with E-state index >= 15 is 0 Å². The Balaban J connectivity index is 2.77. The van der Waals surface area contributed by atoms with Crippen LogP contribution in [0.3, 0.4) is 0 Å². The van der Waals surface area contributed by atoms with Crippen LogP contribution in [0.4, 0.5) is 0 Å². The van der Waals surface area contributed by atoms with Gasteiger partial charge in [0.05, 0.1) is 0 Å². The molecule has 3 nitrogen and oxygen atoms in total. The molecule has 15 heavy (non-hydrogen) atoms. The fraction of sp³-hybridized carbons (Fsp3) is 0.833. The molecule has 0 aromatic heterocycles. The lowest BCUT2D eigenvalue weighted by atomic mass is 9.76. The van der Waals surface area contributed by atoms with E-state index in [1.165, 1.54) is 13.3 Å². The van der Waals surface area contributed by atoms with Gasteiger partial charge in [-0.25, -0.2) is 0 Å². The highest BCUT2D eigenvalue weighted by atomic mass is 16.6. The first kappa shape index (κ1) is 12.2. The maximum Gasteiger partial charge on any atom is 0.303 e. The average Bonchev–Trinajstić information content (AvgIpc) is 2.27.